The summed E-state index contributed by atoms with van der Waals surface area (Å²) in [6, 6.07) is 13.7. The molecular formula is C15H16ClNO. The second-order valence-electron chi connectivity index (χ2n) is 4.21. The van der Waals surface area contributed by atoms with Gasteiger partial charge in [-0.05, 0) is 49.4 Å². The lowest BCUT2D eigenvalue weighted by Gasteiger charge is -2.09. The van der Waals surface area contributed by atoms with Gasteiger partial charge in [0.25, 0.3) is 0 Å². The van der Waals surface area contributed by atoms with Crippen molar-refractivity contribution >= 4 is 11.6 Å². The third-order valence-electron chi connectivity index (χ3n) is 2.62. The summed E-state index contributed by atoms with van der Waals surface area (Å²) in [6.07, 6.45) is 0. The molecule has 0 fully saturated rings. The smallest absolute Gasteiger partial charge is 0.146 e. The minimum atomic E-state index is 0.625. The summed E-state index contributed by atoms with van der Waals surface area (Å²) in [6.45, 7) is 2.87. The second-order valence-corrected chi connectivity index (χ2v) is 4.62. The Hall–Kier alpha value is -1.51. The van der Waals surface area contributed by atoms with Gasteiger partial charge in [0.05, 0.1) is 5.02 Å². The van der Waals surface area contributed by atoms with Crippen LogP contribution >= 0.6 is 11.6 Å². The number of halogens is 1. The van der Waals surface area contributed by atoms with Crippen molar-refractivity contribution in [1.29, 1.82) is 0 Å². The van der Waals surface area contributed by atoms with Gasteiger partial charge in [0.1, 0.15) is 11.5 Å². The van der Waals surface area contributed by atoms with Crippen LogP contribution in [0.25, 0.3) is 0 Å². The number of hydrogen-bond donors (Lipinski definition) is 1. The molecule has 18 heavy (non-hydrogen) atoms. The summed E-state index contributed by atoms with van der Waals surface area (Å²) in [7, 11) is 1.93. The highest BCUT2D eigenvalue weighted by atomic mass is 35.5. The molecule has 3 heteroatoms. The van der Waals surface area contributed by atoms with E-state index in [9.17, 15) is 0 Å². The van der Waals surface area contributed by atoms with E-state index in [4.69, 9.17) is 16.3 Å². The molecule has 2 aromatic rings. The third kappa shape index (κ3) is 3.25. The number of nitrogens with one attached hydrogen (secondary N) is 1. The van der Waals surface area contributed by atoms with Crippen molar-refractivity contribution in [3.05, 3.63) is 58.6 Å². The molecule has 0 atom stereocenters. The van der Waals surface area contributed by atoms with Crippen LogP contribution in [0.1, 0.15) is 11.1 Å². The molecule has 0 aromatic heterocycles. The lowest BCUT2D eigenvalue weighted by Crippen LogP contribution is -2.04. The van der Waals surface area contributed by atoms with Gasteiger partial charge in [0.2, 0.25) is 0 Å². The molecule has 2 rings (SSSR count). The van der Waals surface area contributed by atoms with Crippen molar-refractivity contribution in [2.45, 2.75) is 13.5 Å². The molecule has 0 aliphatic heterocycles. The monoisotopic (exact) mass is 261 g/mol. The zero-order valence-corrected chi connectivity index (χ0v) is 11.3. The first-order valence-electron chi connectivity index (χ1n) is 5.86. The lowest BCUT2D eigenvalue weighted by molar-refractivity contribution is 0.482. The maximum Gasteiger partial charge on any atom is 0.146 e. The Bertz CT molecular complexity index is 523. The molecule has 0 amide bonds. The fourth-order valence-electron chi connectivity index (χ4n) is 1.70. The molecule has 2 nitrogen and oxygen atoms in total. The van der Waals surface area contributed by atoms with Crippen LogP contribution in [0.5, 0.6) is 11.5 Å². The van der Waals surface area contributed by atoms with E-state index in [1.807, 2.05) is 56.4 Å². The van der Waals surface area contributed by atoms with E-state index >= 15 is 0 Å². The van der Waals surface area contributed by atoms with Gasteiger partial charge in [0.15, 0.2) is 0 Å². The number of hydrogen-bond acceptors (Lipinski definition) is 2. The Kier molecular flexibility index (Phi) is 4.24. The van der Waals surface area contributed by atoms with Gasteiger partial charge in [-0.25, -0.2) is 0 Å². The van der Waals surface area contributed by atoms with Crippen molar-refractivity contribution < 1.29 is 4.74 Å². The molecule has 0 aliphatic rings. The Labute approximate surface area is 113 Å². The SMILES string of the molecule is CNCc1ccc(Oc2cc(C)ccc2Cl)cc1. The minimum Gasteiger partial charge on any atom is -0.456 e. The molecule has 0 aliphatic carbocycles. The molecule has 94 valence electrons. The van der Waals surface area contributed by atoms with Gasteiger partial charge in [-0.15, -0.1) is 0 Å². The fourth-order valence-corrected chi connectivity index (χ4v) is 1.85. The quantitative estimate of drug-likeness (QED) is 0.892. The number of aryl methyl sites for hydroxylation is 1. The lowest BCUT2D eigenvalue weighted by atomic mass is 10.2. The van der Waals surface area contributed by atoms with Crippen molar-refractivity contribution in [2.24, 2.45) is 0 Å². The summed E-state index contributed by atoms with van der Waals surface area (Å²) in [5, 5.41) is 3.73. The molecule has 0 saturated heterocycles. The fraction of sp³-hybridized carbons (Fsp3) is 0.200. The predicted molar refractivity (Wildman–Crippen MR) is 75.5 cm³/mol. The normalized spacial score (nSPS) is 10.4. The van der Waals surface area contributed by atoms with Gasteiger partial charge in [-0.2, -0.15) is 0 Å². The summed E-state index contributed by atoms with van der Waals surface area (Å²) < 4.78 is 5.77. The van der Waals surface area contributed by atoms with Crippen LogP contribution in [-0.2, 0) is 6.54 Å². The zero-order valence-electron chi connectivity index (χ0n) is 10.5. The van der Waals surface area contributed by atoms with Crippen LogP contribution in [0, 0.1) is 6.92 Å². The van der Waals surface area contributed by atoms with Crippen LogP contribution in [0.15, 0.2) is 42.5 Å². The highest BCUT2D eigenvalue weighted by Gasteiger charge is 2.03. The van der Waals surface area contributed by atoms with Crippen LogP contribution in [0.2, 0.25) is 5.02 Å². The van der Waals surface area contributed by atoms with Gasteiger partial charge in [-0.3, -0.25) is 0 Å². The molecule has 0 heterocycles. The summed E-state index contributed by atoms with van der Waals surface area (Å²) in [5.74, 6) is 1.49. The molecule has 2 aromatic carbocycles. The highest BCUT2D eigenvalue weighted by Crippen LogP contribution is 2.30. The van der Waals surface area contributed by atoms with Crippen molar-refractivity contribution in [2.75, 3.05) is 7.05 Å². The summed E-state index contributed by atoms with van der Waals surface area (Å²) in [4.78, 5) is 0. The average Bonchev–Trinajstić information content (AvgIpc) is 2.37. The van der Waals surface area contributed by atoms with Crippen LogP contribution < -0.4 is 10.1 Å². The van der Waals surface area contributed by atoms with Gasteiger partial charge in [0, 0.05) is 6.54 Å². The Morgan fingerprint density at radius 2 is 1.83 bits per heavy atom. The second kappa shape index (κ2) is 5.89. The third-order valence-corrected chi connectivity index (χ3v) is 2.93. The molecule has 1 N–H and O–H groups in total. The Balaban J connectivity index is 2.15. The van der Waals surface area contributed by atoms with Crippen molar-refractivity contribution in [1.82, 2.24) is 5.32 Å². The van der Waals surface area contributed by atoms with E-state index in [-0.39, 0.29) is 0 Å². The molecule has 0 unspecified atom stereocenters. The molecule has 0 radical (unpaired) electrons. The Morgan fingerprint density at radius 1 is 1.11 bits per heavy atom. The first kappa shape index (κ1) is 12.9. The van der Waals surface area contributed by atoms with E-state index in [0.717, 1.165) is 17.9 Å². The maximum absolute atomic E-state index is 6.09. The van der Waals surface area contributed by atoms with E-state index in [1.165, 1.54) is 5.56 Å². The average molecular weight is 262 g/mol. The molecular weight excluding hydrogens is 246 g/mol. The summed E-state index contributed by atoms with van der Waals surface area (Å²) >= 11 is 6.09. The van der Waals surface area contributed by atoms with Crippen molar-refractivity contribution in [3.63, 3.8) is 0 Å². The Morgan fingerprint density at radius 3 is 2.50 bits per heavy atom. The number of rotatable bonds is 4. The minimum absolute atomic E-state index is 0.625. The topological polar surface area (TPSA) is 21.3 Å². The predicted octanol–water partition coefficient (Wildman–Crippen LogP) is 4.16. The largest absolute Gasteiger partial charge is 0.456 e. The van der Waals surface area contributed by atoms with Crippen molar-refractivity contribution in [3.8, 4) is 11.5 Å². The van der Waals surface area contributed by atoms with Gasteiger partial charge in [-0.1, -0.05) is 29.8 Å². The molecule has 0 saturated carbocycles. The van der Waals surface area contributed by atoms with Crippen LogP contribution in [0.3, 0.4) is 0 Å². The van der Waals surface area contributed by atoms with Crippen LogP contribution in [0.4, 0.5) is 0 Å². The standard InChI is InChI=1S/C15H16ClNO/c1-11-3-8-14(16)15(9-11)18-13-6-4-12(5-7-13)10-17-2/h3-9,17H,10H2,1-2H3. The molecule has 0 bridgehead atoms. The van der Waals surface area contributed by atoms with Gasteiger partial charge >= 0.3 is 0 Å². The van der Waals surface area contributed by atoms with E-state index < -0.39 is 0 Å². The summed E-state index contributed by atoms with van der Waals surface area (Å²) in [5.41, 5.74) is 2.35. The molecule has 0 spiro atoms. The first-order valence-corrected chi connectivity index (χ1v) is 6.24. The van der Waals surface area contributed by atoms with E-state index in [1.54, 1.807) is 0 Å². The number of benzene rings is 2. The number of ether oxygens (including phenoxy) is 1. The van der Waals surface area contributed by atoms with Crippen LogP contribution in [-0.4, -0.2) is 7.05 Å². The van der Waals surface area contributed by atoms with E-state index in [0.29, 0.717) is 10.8 Å². The van der Waals surface area contributed by atoms with Gasteiger partial charge < -0.3 is 10.1 Å². The van der Waals surface area contributed by atoms with E-state index in [2.05, 4.69) is 5.32 Å². The highest BCUT2D eigenvalue weighted by molar-refractivity contribution is 6.32. The zero-order chi connectivity index (χ0) is 13.0. The maximum atomic E-state index is 6.09. The first-order chi connectivity index (χ1) is 8.69.